The fraction of sp³-hybridized carbons (Fsp3) is 0.357. The first-order valence-electron chi connectivity index (χ1n) is 6.46. The minimum atomic E-state index is -5.66. The first-order valence-corrected chi connectivity index (χ1v) is 7.87. The van der Waals surface area contributed by atoms with Crippen molar-refractivity contribution in [3.05, 3.63) is 48.2 Å². The topological polar surface area (TPSA) is 69.7 Å². The number of halogens is 3. The van der Waals surface area contributed by atoms with Gasteiger partial charge in [0.15, 0.2) is 0 Å². The molecule has 1 unspecified atom stereocenters. The predicted molar refractivity (Wildman–Crippen MR) is 75.3 cm³/mol. The maximum Gasteiger partial charge on any atom is 0.534 e. The highest BCUT2D eigenvalue weighted by molar-refractivity contribution is 7.87. The molecule has 0 aliphatic heterocycles. The summed E-state index contributed by atoms with van der Waals surface area (Å²) >= 11 is 0. The highest BCUT2D eigenvalue weighted by atomic mass is 32.2. The van der Waals surface area contributed by atoms with E-state index < -0.39 is 33.3 Å². The quantitative estimate of drug-likeness (QED) is 0.475. The monoisotopic (exact) mass is 352 g/mol. The molecule has 23 heavy (non-hydrogen) atoms. The lowest BCUT2D eigenvalue weighted by molar-refractivity contribution is -0.143. The van der Waals surface area contributed by atoms with Crippen molar-refractivity contribution in [2.45, 2.75) is 18.3 Å². The van der Waals surface area contributed by atoms with E-state index in [0.717, 1.165) is 13.2 Å². The summed E-state index contributed by atoms with van der Waals surface area (Å²) < 4.78 is 65.5. The molecule has 0 fully saturated rings. The van der Waals surface area contributed by atoms with Gasteiger partial charge >= 0.3 is 21.6 Å². The number of hydrogen-bond donors (Lipinski definition) is 0. The maximum atomic E-state index is 12.0. The van der Waals surface area contributed by atoms with Crippen LogP contribution < -0.4 is 0 Å². The van der Waals surface area contributed by atoms with E-state index in [1.54, 1.807) is 0 Å². The Labute approximate surface area is 131 Å². The Kier molecular flexibility index (Phi) is 6.62. The number of benzene rings is 1. The number of allylic oxidation sites excluding steroid dienone is 1. The van der Waals surface area contributed by atoms with Gasteiger partial charge in [-0.2, -0.15) is 21.6 Å². The van der Waals surface area contributed by atoms with Gasteiger partial charge in [-0.15, -0.1) is 0 Å². The summed E-state index contributed by atoms with van der Waals surface area (Å²) in [4.78, 5) is 11.0. The van der Waals surface area contributed by atoms with Crippen molar-refractivity contribution in [3.63, 3.8) is 0 Å². The third kappa shape index (κ3) is 5.93. The molecule has 0 aromatic heterocycles. The smallest absolute Gasteiger partial charge is 0.469 e. The Balaban J connectivity index is 0.000000366. The molecule has 1 aliphatic carbocycles. The van der Waals surface area contributed by atoms with E-state index in [1.807, 2.05) is 36.4 Å². The third-order valence-electron chi connectivity index (χ3n) is 2.76. The highest BCUT2D eigenvalue weighted by Gasteiger charge is 2.49. The molecule has 0 saturated heterocycles. The molecule has 1 atom stereocenters. The van der Waals surface area contributed by atoms with Crippen LogP contribution in [0, 0.1) is 5.92 Å². The van der Waals surface area contributed by atoms with Crippen LogP contribution in [0.4, 0.5) is 13.2 Å². The molecule has 0 N–H and O–H groups in total. The molecule has 0 heterocycles. The molecule has 0 amide bonds. The Morgan fingerprint density at radius 1 is 1.13 bits per heavy atom. The average Bonchev–Trinajstić information content (AvgIpc) is 2.95. The molecular formula is C14H15F3O5S. The second-order valence-electron chi connectivity index (χ2n) is 4.44. The summed E-state index contributed by atoms with van der Waals surface area (Å²) in [5, 5.41) is 0. The van der Waals surface area contributed by atoms with Gasteiger partial charge < -0.3 is 8.92 Å². The number of methoxy groups -OCH3 is 1. The third-order valence-corrected chi connectivity index (χ3v) is 3.76. The summed E-state index contributed by atoms with van der Waals surface area (Å²) in [6.07, 6.45) is 1.12. The summed E-state index contributed by atoms with van der Waals surface area (Å²) in [6, 6.07) is 12.0. The molecule has 0 bridgehead atoms. The van der Waals surface area contributed by atoms with Crippen LogP contribution in [0.15, 0.2) is 48.2 Å². The number of ether oxygens (including phenoxy) is 1. The molecule has 9 heteroatoms. The van der Waals surface area contributed by atoms with Crippen LogP contribution in [0.1, 0.15) is 12.8 Å². The first-order chi connectivity index (χ1) is 10.7. The van der Waals surface area contributed by atoms with Gasteiger partial charge in [0, 0.05) is 6.42 Å². The second kappa shape index (κ2) is 8.00. The van der Waals surface area contributed by atoms with E-state index in [2.05, 4.69) is 8.92 Å². The van der Waals surface area contributed by atoms with Gasteiger partial charge in [0.25, 0.3) is 0 Å². The molecule has 128 valence electrons. The molecule has 1 aliphatic rings. The zero-order valence-electron chi connectivity index (χ0n) is 12.1. The summed E-state index contributed by atoms with van der Waals surface area (Å²) in [5.41, 5.74) is -5.48. The van der Waals surface area contributed by atoms with Gasteiger partial charge in [-0.1, -0.05) is 36.4 Å². The summed E-state index contributed by atoms with van der Waals surface area (Å²) in [7, 11) is -4.53. The fourth-order valence-corrected chi connectivity index (χ4v) is 2.18. The van der Waals surface area contributed by atoms with Crippen molar-refractivity contribution in [3.8, 4) is 0 Å². The van der Waals surface area contributed by atoms with E-state index in [4.69, 9.17) is 0 Å². The van der Waals surface area contributed by atoms with E-state index in [-0.39, 0.29) is 12.8 Å². The number of esters is 1. The van der Waals surface area contributed by atoms with Crippen LogP contribution in [-0.2, 0) is 23.8 Å². The van der Waals surface area contributed by atoms with Crippen LogP contribution in [0.2, 0.25) is 0 Å². The van der Waals surface area contributed by atoms with Crippen LogP contribution in [0.25, 0.3) is 0 Å². The van der Waals surface area contributed by atoms with Crippen molar-refractivity contribution in [1.29, 1.82) is 0 Å². The molecule has 5 nitrogen and oxygen atoms in total. The molecule has 1 aromatic carbocycles. The Hall–Kier alpha value is -2.03. The van der Waals surface area contributed by atoms with Crippen LogP contribution in [0.5, 0.6) is 0 Å². The number of rotatable bonds is 3. The molecule has 2 rings (SSSR count). The summed E-state index contributed by atoms with van der Waals surface area (Å²) in [5.74, 6) is -1.80. The minimum absolute atomic E-state index is 0.0604. The minimum Gasteiger partial charge on any atom is -0.469 e. The Morgan fingerprint density at radius 2 is 1.61 bits per heavy atom. The van der Waals surface area contributed by atoms with Crippen molar-refractivity contribution < 1.29 is 35.3 Å². The molecule has 1 aromatic rings. The van der Waals surface area contributed by atoms with Gasteiger partial charge in [0.2, 0.25) is 0 Å². The van der Waals surface area contributed by atoms with Crippen molar-refractivity contribution in [2.75, 3.05) is 7.11 Å². The van der Waals surface area contributed by atoms with Crippen LogP contribution in [0.3, 0.4) is 0 Å². The van der Waals surface area contributed by atoms with E-state index in [0.29, 0.717) is 0 Å². The lowest BCUT2D eigenvalue weighted by Gasteiger charge is -2.09. The van der Waals surface area contributed by atoms with Crippen LogP contribution in [-0.4, -0.2) is 27.0 Å². The zero-order chi connectivity index (χ0) is 17.5. The van der Waals surface area contributed by atoms with Gasteiger partial charge in [-0.05, 0) is 12.5 Å². The summed E-state index contributed by atoms with van der Waals surface area (Å²) in [6.45, 7) is 0. The largest absolute Gasteiger partial charge is 0.534 e. The van der Waals surface area contributed by atoms with Gasteiger partial charge in [0.05, 0.1) is 13.0 Å². The molecule has 0 saturated carbocycles. The highest BCUT2D eigenvalue weighted by Crippen LogP contribution is 2.32. The van der Waals surface area contributed by atoms with Crippen molar-refractivity contribution in [1.82, 2.24) is 0 Å². The predicted octanol–water partition coefficient (Wildman–Crippen LogP) is 3.01. The maximum absolute atomic E-state index is 12.0. The number of hydrogen-bond acceptors (Lipinski definition) is 5. The van der Waals surface area contributed by atoms with Crippen molar-refractivity contribution >= 4 is 16.1 Å². The second-order valence-corrected chi connectivity index (χ2v) is 5.98. The van der Waals surface area contributed by atoms with Crippen LogP contribution >= 0.6 is 0 Å². The first kappa shape index (κ1) is 19.0. The van der Waals surface area contributed by atoms with E-state index >= 15 is 0 Å². The van der Waals surface area contributed by atoms with E-state index in [1.165, 1.54) is 0 Å². The number of carbonyl (C=O) groups excluding carboxylic acids is 1. The molecular weight excluding hydrogens is 337 g/mol. The zero-order valence-corrected chi connectivity index (χ0v) is 12.9. The Morgan fingerprint density at radius 3 is 2.00 bits per heavy atom. The van der Waals surface area contributed by atoms with E-state index in [9.17, 15) is 26.4 Å². The number of carbonyl (C=O) groups is 1. The molecule has 0 spiro atoms. The fourth-order valence-electron chi connectivity index (χ4n) is 1.67. The van der Waals surface area contributed by atoms with Gasteiger partial charge in [0.1, 0.15) is 5.76 Å². The average molecular weight is 352 g/mol. The number of alkyl halides is 3. The standard InChI is InChI=1S/C8H9F3O5S.C6H6/c1-15-7(12)5-2-3-6(4-5)16-17(13,14)8(9,10)11;1-2-4-6-5-3-1/h4-5H,2-3H2,1H3;1-6H. The van der Waals surface area contributed by atoms with Crippen molar-refractivity contribution in [2.24, 2.45) is 5.92 Å². The lowest BCUT2D eigenvalue weighted by Crippen LogP contribution is -2.25. The molecule has 0 radical (unpaired) electrons. The Bertz CT molecular complexity index is 611. The normalized spacial score (nSPS) is 17.6. The SMILES string of the molecule is COC(=O)C1C=C(OS(=O)(=O)C(F)(F)F)CC1.c1ccccc1. The lowest BCUT2D eigenvalue weighted by atomic mass is 10.1. The van der Waals surface area contributed by atoms with Gasteiger partial charge in [-0.3, -0.25) is 4.79 Å². The van der Waals surface area contributed by atoms with Gasteiger partial charge in [-0.25, -0.2) is 0 Å².